The summed E-state index contributed by atoms with van der Waals surface area (Å²) in [6, 6.07) is 6.35. The predicted octanol–water partition coefficient (Wildman–Crippen LogP) is 3.23. The molecule has 0 radical (unpaired) electrons. The van der Waals surface area contributed by atoms with Gasteiger partial charge in [0.15, 0.2) is 0 Å². The van der Waals surface area contributed by atoms with Crippen molar-refractivity contribution in [3.8, 4) is 17.6 Å². The molecule has 0 aromatic heterocycles. The summed E-state index contributed by atoms with van der Waals surface area (Å²) >= 11 is 0. The smallest absolute Gasteiger partial charge is 0.149 e. The van der Waals surface area contributed by atoms with Crippen molar-refractivity contribution in [3.05, 3.63) is 29.3 Å². The fourth-order valence-corrected chi connectivity index (χ4v) is 2.37. The van der Waals surface area contributed by atoms with Crippen molar-refractivity contribution in [2.75, 3.05) is 19.8 Å². The van der Waals surface area contributed by atoms with E-state index >= 15 is 0 Å². The zero-order valence-electron chi connectivity index (χ0n) is 13.2. The molecule has 1 aliphatic rings. The van der Waals surface area contributed by atoms with E-state index in [-0.39, 0.29) is 6.23 Å². The zero-order valence-corrected chi connectivity index (χ0v) is 13.2. The molecule has 114 valence electrons. The Bertz CT molecular complexity index is 508. The molecule has 0 amide bonds. The van der Waals surface area contributed by atoms with E-state index in [2.05, 4.69) is 56.1 Å². The molecular weight excluding hydrogens is 262 g/mol. The second-order valence-electron chi connectivity index (χ2n) is 5.72. The average Bonchev–Trinajstić information content (AvgIpc) is 2.95. The highest BCUT2D eigenvalue weighted by Crippen LogP contribution is 2.27. The van der Waals surface area contributed by atoms with Gasteiger partial charge in [-0.05, 0) is 42.9 Å². The molecule has 2 rings (SSSR count). The van der Waals surface area contributed by atoms with Crippen LogP contribution >= 0.6 is 0 Å². The molecule has 0 saturated carbocycles. The molecule has 1 atom stereocenters. The molecule has 1 saturated heterocycles. The van der Waals surface area contributed by atoms with Crippen molar-refractivity contribution >= 4 is 0 Å². The van der Waals surface area contributed by atoms with Crippen LogP contribution in [0.5, 0.6) is 5.75 Å². The molecule has 3 nitrogen and oxygen atoms in total. The minimum atomic E-state index is 0.185. The van der Waals surface area contributed by atoms with Crippen molar-refractivity contribution < 1.29 is 9.47 Å². The number of aryl methyl sites for hydroxylation is 1. The number of benzene rings is 1. The molecule has 1 aliphatic heterocycles. The highest BCUT2D eigenvalue weighted by Gasteiger charge is 2.13. The third-order valence-corrected chi connectivity index (χ3v) is 3.56. The summed E-state index contributed by atoms with van der Waals surface area (Å²) < 4.78 is 11.3. The molecule has 1 aromatic rings. The van der Waals surface area contributed by atoms with E-state index in [1.165, 1.54) is 11.1 Å². The van der Waals surface area contributed by atoms with Crippen LogP contribution in [0.2, 0.25) is 0 Å². The van der Waals surface area contributed by atoms with Crippen LogP contribution in [-0.4, -0.2) is 26.0 Å². The van der Waals surface area contributed by atoms with Crippen LogP contribution in [0.25, 0.3) is 0 Å². The van der Waals surface area contributed by atoms with Crippen LogP contribution in [0.3, 0.4) is 0 Å². The first kappa shape index (κ1) is 15.9. The molecular formula is C18H25NO2. The molecule has 0 unspecified atom stereocenters. The van der Waals surface area contributed by atoms with Crippen LogP contribution in [0.1, 0.15) is 43.7 Å². The van der Waals surface area contributed by atoms with Gasteiger partial charge in [0.1, 0.15) is 18.6 Å². The van der Waals surface area contributed by atoms with Gasteiger partial charge in [0.25, 0.3) is 0 Å². The Hall–Kier alpha value is -1.50. The fraction of sp³-hybridized carbons (Fsp3) is 0.556. The average molecular weight is 287 g/mol. The van der Waals surface area contributed by atoms with Crippen molar-refractivity contribution in [1.29, 1.82) is 0 Å². The van der Waals surface area contributed by atoms with Crippen molar-refractivity contribution in [1.82, 2.24) is 5.32 Å². The third-order valence-electron chi connectivity index (χ3n) is 3.56. The summed E-state index contributed by atoms with van der Waals surface area (Å²) in [5, 5.41) is 3.27. The van der Waals surface area contributed by atoms with Crippen LogP contribution < -0.4 is 10.1 Å². The summed E-state index contributed by atoms with van der Waals surface area (Å²) in [7, 11) is 0. The second-order valence-corrected chi connectivity index (χ2v) is 5.72. The normalized spacial score (nSPS) is 17.6. The molecule has 0 aliphatic carbocycles. The summed E-state index contributed by atoms with van der Waals surface area (Å²) in [6.45, 7) is 8.37. The monoisotopic (exact) mass is 287 g/mol. The number of nitrogens with one attached hydrogen (secondary N) is 1. The molecule has 0 bridgehead atoms. The minimum absolute atomic E-state index is 0.185. The lowest BCUT2D eigenvalue weighted by Gasteiger charge is -2.13. The Labute approximate surface area is 128 Å². The minimum Gasteiger partial charge on any atom is -0.481 e. The topological polar surface area (TPSA) is 30.5 Å². The summed E-state index contributed by atoms with van der Waals surface area (Å²) in [5.74, 6) is 7.54. The van der Waals surface area contributed by atoms with E-state index < -0.39 is 0 Å². The summed E-state index contributed by atoms with van der Waals surface area (Å²) in [6.07, 6.45) is 2.41. The van der Waals surface area contributed by atoms with Gasteiger partial charge in [-0.15, -0.1) is 0 Å². The van der Waals surface area contributed by atoms with E-state index in [0.29, 0.717) is 19.1 Å². The summed E-state index contributed by atoms with van der Waals surface area (Å²) in [4.78, 5) is 0. The van der Waals surface area contributed by atoms with Gasteiger partial charge in [-0.3, -0.25) is 5.32 Å². The van der Waals surface area contributed by atoms with E-state index in [1.54, 1.807) is 0 Å². The quantitative estimate of drug-likeness (QED) is 0.843. The second kappa shape index (κ2) is 8.07. The maximum absolute atomic E-state index is 5.82. The molecule has 1 heterocycles. The highest BCUT2D eigenvalue weighted by atomic mass is 16.5. The Morgan fingerprint density at radius 2 is 2.24 bits per heavy atom. The molecule has 0 spiro atoms. The lowest BCUT2D eigenvalue weighted by Crippen LogP contribution is -2.28. The van der Waals surface area contributed by atoms with E-state index in [4.69, 9.17) is 9.47 Å². The van der Waals surface area contributed by atoms with Gasteiger partial charge in [-0.2, -0.15) is 0 Å². The standard InChI is InChI=1S/C18H25NO2/c1-14(2)16-9-8-15(3)13-17(16)20-11-5-4-10-19-18-7-6-12-21-18/h8-9,13-14,18-19H,6-7,10-12H2,1-3H3/t18-/m1/s1. The molecule has 1 N–H and O–H groups in total. The SMILES string of the molecule is Cc1ccc(C(C)C)c(OCC#CCN[C@H]2CCCO2)c1. The lowest BCUT2D eigenvalue weighted by molar-refractivity contribution is 0.0878. The molecule has 21 heavy (non-hydrogen) atoms. The van der Waals surface area contributed by atoms with E-state index in [9.17, 15) is 0 Å². The Morgan fingerprint density at radius 1 is 1.38 bits per heavy atom. The van der Waals surface area contributed by atoms with Gasteiger partial charge in [0, 0.05) is 6.61 Å². The largest absolute Gasteiger partial charge is 0.481 e. The van der Waals surface area contributed by atoms with Gasteiger partial charge in [-0.1, -0.05) is 37.8 Å². The predicted molar refractivity (Wildman–Crippen MR) is 85.5 cm³/mol. The first-order chi connectivity index (χ1) is 10.2. The first-order valence-corrected chi connectivity index (χ1v) is 7.71. The summed E-state index contributed by atoms with van der Waals surface area (Å²) in [5.41, 5.74) is 2.45. The maximum Gasteiger partial charge on any atom is 0.149 e. The number of rotatable bonds is 5. The van der Waals surface area contributed by atoms with Gasteiger partial charge in [-0.25, -0.2) is 0 Å². The Morgan fingerprint density at radius 3 is 2.95 bits per heavy atom. The number of ether oxygens (including phenoxy) is 2. The van der Waals surface area contributed by atoms with Gasteiger partial charge in [0.05, 0.1) is 6.54 Å². The van der Waals surface area contributed by atoms with Crippen LogP contribution in [0.4, 0.5) is 0 Å². The van der Waals surface area contributed by atoms with Crippen molar-refractivity contribution in [2.24, 2.45) is 0 Å². The fourth-order valence-electron chi connectivity index (χ4n) is 2.37. The van der Waals surface area contributed by atoms with E-state index in [1.807, 2.05) is 0 Å². The third kappa shape index (κ3) is 5.08. The van der Waals surface area contributed by atoms with E-state index in [0.717, 1.165) is 25.2 Å². The van der Waals surface area contributed by atoms with Crippen molar-refractivity contribution in [3.63, 3.8) is 0 Å². The lowest BCUT2D eigenvalue weighted by atomic mass is 10.0. The van der Waals surface area contributed by atoms with Crippen LogP contribution in [-0.2, 0) is 4.74 Å². The van der Waals surface area contributed by atoms with Gasteiger partial charge < -0.3 is 9.47 Å². The number of hydrogen-bond acceptors (Lipinski definition) is 3. The first-order valence-electron chi connectivity index (χ1n) is 7.71. The number of hydrogen-bond donors (Lipinski definition) is 1. The van der Waals surface area contributed by atoms with Gasteiger partial charge >= 0.3 is 0 Å². The van der Waals surface area contributed by atoms with Crippen molar-refractivity contribution in [2.45, 2.75) is 45.8 Å². The maximum atomic E-state index is 5.82. The van der Waals surface area contributed by atoms with Gasteiger partial charge in [0.2, 0.25) is 0 Å². The molecule has 3 heteroatoms. The molecule has 1 aromatic carbocycles. The zero-order chi connectivity index (χ0) is 15.1. The molecule has 1 fully saturated rings. The van der Waals surface area contributed by atoms with Crippen LogP contribution in [0.15, 0.2) is 18.2 Å². The Kier molecular flexibility index (Phi) is 6.10. The highest BCUT2D eigenvalue weighted by molar-refractivity contribution is 5.39. The van der Waals surface area contributed by atoms with Crippen LogP contribution in [0, 0.1) is 18.8 Å². The Balaban J connectivity index is 1.79.